The quantitative estimate of drug-likeness (QED) is 0.785. The van der Waals surface area contributed by atoms with E-state index >= 15 is 0 Å². The smallest absolute Gasteiger partial charge is 0.326 e. The highest BCUT2D eigenvalue weighted by molar-refractivity contribution is 7.99. The Morgan fingerprint density at radius 2 is 2.16 bits per heavy atom. The van der Waals surface area contributed by atoms with Crippen LogP contribution in [0.4, 0.5) is 0 Å². The van der Waals surface area contributed by atoms with Crippen LogP contribution in [0.15, 0.2) is 0 Å². The molecular formula is C13H22N2O3S. The Hall–Kier alpha value is -0.750. The molecule has 2 atom stereocenters. The van der Waals surface area contributed by atoms with Crippen molar-refractivity contribution in [1.29, 1.82) is 0 Å². The molecule has 0 radical (unpaired) electrons. The van der Waals surface area contributed by atoms with Crippen LogP contribution in [0.2, 0.25) is 0 Å². The average Bonchev–Trinajstić information content (AvgIpc) is 2.37. The summed E-state index contributed by atoms with van der Waals surface area (Å²) < 4.78 is 0. The van der Waals surface area contributed by atoms with Crippen LogP contribution in [0, 0.1) is 5.41 Å². The minimum Gasteiger partial charge on any atom is -0.480 e. The van der Waals surface area contributed by atoms with Gasteiger partial charge >= 0.3 is 5.97 Å². The van der Waals surface area contributed by atoms with Gasteiger partial charge in [-0.1, -0.05) is 13.8 Å². The Bertz CT molecular complexity index is 367. The normalized spacial score (nSPS) is 30.9. The van der Waals surface area contributed by atoms with Crippen molar-refractivity contribution in [3.05, 3.63) is 0 Å². The summed E-state index contributed by atoms with van der Waals surface area (Å²) in [4.78, 5) is 25.7. The number of hydrogen-bond acceptors (Lipinski definition) is 4. The highest BCUT2D eigenvalue weighted by Gasteiger charge is 2.45. The predicted octanol–water partition coefficient (Wildman–Crippen LogP) is 0.793. The minimum atomic E-state index is -0.887. The topological polar surface area (TPSA) is 69.6 Å². The fraction of sp³-hybridized carbons (Fsp3) is 0.846. The van der Waals surface area contributed by atoms with E-state index < -0.39 is 12.0 Å². The zero-order valence-corrected chi connectivity index (χ0v) is 12.3. The van der Waals surface area contributed by atoms with Crippen LogP contribution in [-0.4, -0.2) is 58.6 Å². The number of thioether (sulfide) groups is 1. The summed E-state index contributed by atoms with van der Waals surface area (Å²) in [5, 5.41) is 12.7. The van der Waals surface area contributed by atoms with Gasteiger partial charge in [-0.2, -0.15) is 11.8 Å². The van der Waals surface area contributed by atoms with E-state index in [1.54, 1.807) is 16.7 Å². The van der Waals surface area contributed by atoms with Crippen LogP contribution in [-0.2, 0) is 9.59 Å². The molecular weight excluding hydrogens is 264 g/mol. The van der Waals surface area contributed by atoms with Crippen LogP contribution in [0.1, 0.15) is 26.7 Å². The molecule has 0 aromatic heterocycles. The Morgan fingerprint density at radius 1 is 1.42 bits per heavy atom. The number of rotatable bonds is 2. The monoisotopic (exact) mass is 286 g/mol. The maximum atomic E-state index is 12.5. The molecule has 2 N–H and O–H groups in total. The molecule has 2 aliphatic heterocycles. The zero-order valence-electron chi connectivity index (χ0n) is 11.5. The number of amides is 1. The van der Waals surface area contributed by atoms with Crippen molar-refractivity contribution in [3.8, 4) is 0 Å². The zero-order chi connectivity index (χ0) is 14.0. The molecule has 108 valence electrons. The summed E-state index contributed by atoms with van der Waals surface area (Å²) in [7, 11) is 0. The van der Waals surface area contributed by atoms with Crippen LogP contribution >= 0.6 is 11.8 Å². The van der Waals surface area contributed by atoms with Crippen molar-refractivity contribution < 1.29 is 14.7 Å². The summed E-state index contributed by atoms with van der Waals surface area (Å²) in [5.41, 5.74) is -0.360. The molecule has 19 heavy (non-hydrogen) atoms. The lowest BCUT2D eigenvalue weighted by atomic mass is 9.76. The number of carboxylic acid groups (broad SMARTS) is 1. The third-order valence-corrected chi connectivity index (χ3v) is 5.07. The van der Waals surface area contributed by atoms with Crippen molar-refractivity contribution in [2.24, 2.45) is 5.41 Å². The first-order valence-corrected chi connectivity index (χ1v) is 7.93. The Kier molecular flexibility index (Phi) is 4.40. The lowest BCUT2D eigenvalue weighted by Gasteiger charge is -2.45. The number of carboxylic acids is 1. The van der Waals surface area contributed by atoms with Gasteiger partial charge in [-0.3, -0.25) is 4.79 Å². The van der Waals surface area contributed by atoms with Crippen molar-refractivity contribution in [2.45, 2.75) is 38.8 Å². The van der Waals surface area contributed by atoms with Crippen molar-refractivity contribution in [1.82, 2.24) is 10.2 Å². The van der Waals surface area contributed by atoms with Crippen molar-refractivity contribution in [2.75, 3.05) is 24.6 Å². The molecule has 0 aromatic rings. The molecule has 2 heterocycles. The van der Waals surface area contributed by atoms with Gasteiger partial charge in [0.15, 0.2) is 0 Å². The number of hydrogen-bond donors (Lipinski definition) is 2. The van der Waals surface area contributed by atoms with E-state index in [-0.39, 0.29) is 17.4 Å². The molecule has 2 fully saturated rings. The average molecular weight is 286 g/mol. The van der Waals surface area contributed by atoms with Gasteiger partial charge in [0, 0.05) is 24.6 Å². The fourth-order valence-electron chi connectivity index (χ4n) is 3.02. The lowest BCUT2D eigenvalue weighted by Crippen LogP contribution is -2.61. The van der Waals surface area contributed by atoms with Crippen LogP contribution in [0.3, 0.4) is 0 Å². The lowest BCUT2D eigenvalue weighted by molar-refractivity contribution is -0.159. The van der Waals surface area contributed by atoms with E-state index in [1.807, 2.05) is 13.8 Å². The maximum Gasteiger partial charge on any atom is 0.326 e. The van der Waals surface area contributed by atoms with E-state index in [9.17, 15) is 14.7 Å². The van der Waals surface area contributed by atoms with E-state index in [2.05, 4.69) is 5.32 Å². The third-order valence-electron chi connectivity index (χ3n) is 4.01. The molecule has 0 saturated carbocycles. The molecule has 2 saturated heterocycles. The molecule has 0 spiro atoms. The first-order chi connectivity index (χ1) is 8.93. The molecule has 0 bridgehead atoms. The van der Waals surface area contributed by atoms with Gasteiger partial charge in [0.2, 0.25) is 5.91 Å². The van der Waals surface area contributed by atoms with Gasteiger partial charge in [-0.05, 0) is 18.3 Å². The second-order valence-corrected chi connectivity index (χ2v) is 7.10. The number of piperidine rings is 1. The Balaban J connectivity index is 2.15. The number of carbonyl (C=O) groups excluding carboxylic acids is 1. The van der Waals surface area contributed by atoms with E-state index in [0.717, 1.165) is 30.9 Å². The molecule has 1 amide bonds. The van der Waals surface area contributed by atoms with Gasteiger partial charge in [0.05, 0.1) is 6.04 Å². The molecule has 0 aliphatic carbocycles. The Morgan fingerprint density at radius 3 is 2.74 bits per heavy atom. The number of aliphatic carboxylic acids is 1. The van der Waals surface area contributed by atoms with Gasteiger partial charge in [0.1, 0.15) is 6.04 Å². The predicted molar refractivity (Wildman–Crippen MR) is 75.3 cm³/mol. The summed E-state index contributed by atoms with van der Waals surface area (Å²) in [6.07, 6.45) is 1.73. The van der Waals surface area contributed by atoms with E-state index in [4.69, 9.17) is 0 Å². The number of carbonyl (C=O) groups is 2. The maximum absolute atomic E-state index is 12.5. The largest absolute Gasteiger partial charge is 0.480 e. The molecule has 2 aliphatic rings. The summed E-state index contributed by atoms with van der Waals surface area (Å²) in [5.74, 6) is 0.814. The summed E-state index contributed by atoms with van der Waals surface area (Å²) in [6.45, 7) is 5.25. The van der Waals surface area contributed by atoms with Gasteiger partial charge in [0.25, 0.3) is 0 Å². The second kappa shape index (κ2) is 5.71. The fourth-order valence-corrected chi connectivity index (χ4v) is 3.95. The number of nitrogens with zero attached hydrogens (tertiary/aromatic N) is 1. The van der Waals surface area contributed by atoms with Crippen molar-refractivity contribution in [3.63, 3.8) is 0 Å². The molecule has 0 aromatic carbocycles. The molecule has 6 heteroatoms. The van der Waals surface area contributed by atoms with Gasteiger partial charge in [-0.15, -0.1) is 0 Å². The van der Waals surface area contributed by atoms with Gasteiger partial charge in [-0.25, -0.2) is 4.79 Å². The summed E-state index contributed by atoms with van der Waals surface area (Å²) in [6, 6.07) is -0.933. The first-order valence-electron chi connectivity index (χ1n) is 6.78. The molecule has 5 nitrogen and oxygen atoms in total. The number of nitrogens with one attached hydrogen (secondary N) is 1. The molecule has 2 unspecified atom stereocenters. The van der Waals surface area contributed by atoms with Crippen molar-refractivity contribution >= 4 is 23.6 Å². The molecule has 2 rings (SSSR count). The van der Waals surface area contributed by atoms with Gasteiger partial charge < -0.3 is 15.3 Å². The SMILES string of the molecule is CC1(C)CCCN(C(=O)C2CSCCN2)C1C(=O)O. The number of likely N-dealkylation sites (tertiary alicyclic amines) is 1. The Labute approximate surface area is 118 Å². The van der Waals surface area contributed by atoms with E-state index in [1.165, 1.54) is 0 Å². The van der Waals surface area contributed by atoms with Crippen LogP contribution in [0.25, 0.3) is 0 Å². The first kappa shape index (κ1) is 14.7. The van der Waals surface area contributed by atoms with E-state index in [0.29, 0.717) is 6.54 Å². The highest BCUT2D eigenvalue weighted by Crippen LogP contribution is 2.35. The standard InChI is InChI=1S/C13H22N2O3S/c1-13(2)4-3-6-15(10(13)12(17)18)11(16)9-8-19-7-5-14-9/h9-10,14H,3-8H2,1-2H3,(H,17,18). The highest BCUT2D eigenvalue weighted by atomic mass is 32.2. The second-order valence-electron chi connectivity index (χ2n) is 5.95. The van der Waals surface area contributed by atoms with Crippen LogP contribution < -0.4 is 5.32 Å². The third kappa shape index (κ3) is 3.05. The van der Waals surface area contributed by atoms with Crippen LogP contribution in [0.5, 0.6) is 0 Å². The summed E-state index contributed by atoms with van der Waals surface area (Å²) >= 11 is 1.75. The minimum absolute atomic E-state index is 0.0487.